The van der Waals surface area contributed by atoms with Crippen LogP contribution in [0, 0.1) is 20.8 Å². The van der Waals surface area contributed by atoms with Crippen molar-refractivity contribution in [1.29, 1.82) is 0 Å². The molecule has 1 amide bonds. The van der Waals surface area contributed by atoms with Crippen molar-refractivity contribution in [3.8, 4) is 22.8 Å². The molecule has 178 valence electrons. The van der Waals surface area contributed by atoms with E-state index in [0.717, 1.165) is 22.4 Å². The Bertz CT molecular complexity index is 1370. The molecule has 3 aromatic carbocycles. The van der Waals surface area contributed by atoms with Crippen molar-refractivity contribution in [1.82, 2.24) is 4.98 Å². The summed E-state index contributed by atoms with van der Waals surface area (Å²) < 4.78 is 11.5. The number of carbonyl (C=O) groups is 1. The Morgan fingerprint density at radius 2 is 1.80 bits per heavy atom. The van der Waals surface area contributed by atoms with Crippen molar-refractivity contribution in [2.75, 3.05) is 12.4 Å². The highest BCUT2D eigenvalue weighted by atomic mass is 32.1. The summed E-state index contributed by atoms with van der Waals surface area (Å²) in [5.41, 5.74) is 7.48. The molecular weight excluding hydrogens is 456 g/mol. The molecule has 1 N–H and O–H groups in total. The second-order valence-corrected chi connectivity index (χ2v) is 9.14. The van der Waals surface area contributed by atoms with E-state index in [2.05, 4.69) is 49.3 Å². The Morgan fingerprint density at radius 1 is 0.971 bits per heavy atom. The van der Waals surface area contributed by atoms with E-state index < -0.39 is 0 Å². The van der Waals surface area contributed by atoms with Gasteiger partial charge in [0.2, 0.25) is 5.91 Å². The average Bonchev–Trinajstić information content (AvgIpc) is 3.32. The van der Waals surface area contributed by atoms with Gasteiger partial charge in [-0.2, -0.15) is 0 Å². The van der Waals surface area contributed by atoms with Crippen LogP contribution < -0.4 is 14.8 Å². The van der Waals surface area contributed by atoms with Gasteiger partial charge in [0, 0.05) is 17.0 Å². The zero-order chi connectivity index (χ0) is 24.8. The van der Waals surface area contributed by atoms with E-state index in [1.807, 2.05) is 47.8 Å². The number of aromatic nitrogens is 1. The molecule has 5 nitrogen and oxygen atoms in total. The molecule has 0 atom stereocenters. The van der Waals surface area contributed by atoms with Crippen LogP contribution >= 0.6 is 11.3 Å². The third kappa shape index (κ3) is 6.16. The van der Waals surface area contributed by atoms with Crippen molar-refractivity contribution in [3.63, 3.8) is 0 Å². The number of methoxy groups -OCH3 is 1. The van der Waals surface area contributed by atoms with E-state index in [-0.39, 0.29) is 5.91 Å². The number of rotatable bonds is 8. The summed E-state index contributed by atoms with van der Waals surface area (Å²) in [6.07, 6.45) is 3.22. The van der Waals surface area contributed by atoms with Crippen LogP contribution in [0.15, 0.2) is 72.1 Å². The summed E-state index contributed by atoms with van der Waals surface area (Å²) in [4.78, 5) is 17.0. The first kappa shape index (κ1) is 24.2. The van der Waals surface area contributed by atoms with Crippen molar-refractivity contribution in [2.45, 2.75) is 27.4 Å². The standard InChI is InChI=1S/C29H28N2O3S/c1-19-9-12-23(15-21(19)3)25-18-35-29(30-25)31-28(32)14-11-22-10-13-26(27(16-22)33-4)34-17-24-8-6-5-7-20(24)2/h5-16,18H,17H2,1-4H3,(H,30,31,32)/b14-11+. The van der Waals surface area contributed by atoms with Crippen molar-refractivity contribution >= 4 is 28.5 Å². The minimum atomic E-state index is -0.246. The summed E-state index contributed by atoms with van der Waals surface area (Å²) in [5, 5.41) is 5.35. The molecule has 0 saturated carbocycles. The lowest BCUT2D eigenvalue weighted by Gasteiger charge is -2.12. The average molecular weight is 485 g/mol. The largest absolute Gasteiger partial charge is 0.493 e. The maximum atomic E-state index is 12.5. The van der Waals surface area contributed by atoms with Gasteiger partial charge in [-0.25, -0.2) is 4.98 Å². The first-order valence-corrected chi connectivity index (χ1v) is 12.2. The van der Waals surface area contributed by atoms with Gasteiger partial charge >= 0.3 is 0 Å². The molecule has 0 aliphatic rings. The number of aryl methyl sites for hydroxylation is 3. The molecule has 1 aromatic heterocycles. The summed E-state index contributed by atoms with van der Waals surface area (Å²) >= 11 is 1.40. The van der Waals surface area contributed by atoms with Crippen LogP contribution in [0.25, 0.3) is 17.3 Å². The molecule has 0 unspecified atom stereocenters. The molecular formula is C29H28N2O3S. The number of ether oxygens (including phenoxy) is 2. The van der Waals surface area contributed by atoms with Gasteiger partial charge in [-0.3, -0.25) is 10.1 Å². The summed E-state index contributed by atoms with van der Waals surface area (Å²) in [6, 6.07) is 19.9. The maximum absolute atomic E-state index is 12.5. The second-order valence-electron chi connectivity index (χ2n) is 8.28. The van der Waals surface area contributed by atoms with Crippen molar-refractivity contribution < 1.29 is 14.3 Å². The van der Waals surface area contributed by atoms with Gasteiger partial charge in [-0.15, -0.1) is 11.3 Å². The third-order valence-electron chi connectivity index (χ3n) is 5.80. The van der Waals surface area contributed by atoms with Gasteiger partial charge in [0.25, 0.3) is 0 Å². The number of nitrogens with zero attached hydrogens (tertiary/aromatic N) is 1. The Morgan fingerprint density at radius 3 is 2.57 bits per heavy atom. The van der Waals surface area contributed by atoms with Crippen LogP contribution in [-0.4, -0.2) is 18.0 Å². The zero-order valence-corrected chi connectivity index (χ0v) is 21.1. The van der Waals surface area contributed by atoms with Crippen LogP contribution in [0.1, 0.15) is 27.8 Å². The van der Waals surface area contributed by atoms with Gasteiger partial charge in [0.1, 0.15) is 6.61 Å². The highest BCUT2D eigenvalue weighted by Crippen LogP contribution is 2.30. The van der Waals surface area contributed by atoms with Crippen LogP contribution in [0.4, 0.5) is 5.13 Å². The monoisotopic (exact) mass is 484 g/mol. The molecule has 4 rings (SSSR count). The Labute approximate surface area is 210 Å². The van der Waals surface area contributed by atoms with E-state index in [1.54, 1.807) is 13.2 Å². The molecule has 1 heterocycles. The maximum Gasteiger partial charge on any atom is 0.250 e. The molecule has 0 fully saturated rings. The predicted octanol–water partition coefficient (Wildman–Crippen LogP) is 6.97. The Hall–Kier alpha value is -3.90. The summed E-state index contributed by atoms with van der Waals surface area (Å²) in [6.45, 7) is 6.68. The van der Waals surface area contributed by atoms with E-state index in [4.69, 9.17) is 9.47 Å². The van der Waals surface area contributed by atoms with Gasteiger partial charge < -0.3 is 9.47 Å². The van der Waals surface area contributed by atoms with Gasteiger partial charge in [-0.05, 0) is 72.9 Å². The number of carbonyl (C=O) groups excluding carboxylic acids is 1. The van der Waals surface area contributed by atoms with Gasteiger partial charge in [0.15, 0.2) is 16.6 Å². The number of hydrogen-bond acceptors (Lipinski definition) is 5. The van der Waals surface area contributed by atoms with E-state index in [9.17, 15) is 4.79 Å². The minimum absolute atomic E-state index is 0.246. The fourth-order valence-electron chi connectivity index (χ4n) is 3.52. The number of nitrogens with one attached hydrogen (secondary N) is 1. The molecule has 0 spiro atoms. The molecule has 0 radical (unpaired) electrons. The highest BCUT2D eigenvalue weighted by molar-refractivity contribution is 7.14. The molecule has 0 bridgehead atoms. The van der Waals surface area contributed by atoms with Crippen molar-refractivity contribution in [3.05, 3.63) is 99.9 Å². The summed E-state index contributed by atoms with van der Waals surface area (Å²) in [5.74, 6) is 1.02. The zero-order valence-electron chi connectivity index (χ0n) is 20.3. The number of hydrogen-bond donors (Lipinski definition) is 1. The van der Waals surface area contributed by atoms with E-state index in [1.165, 1.54) is 34.1 Å². The molecule has 6 heteroatoms. The molecule has 35 heavy (non-hydrogen) atoms. The Balaban J connectivity index is 1.38. The fourth-order valence-corrected chi connectivity index (χ4v) is 4.24. The quantitative estimate of drug-likeness (QED) is 0.274. The lowest BCUT2D eigenvalue weighted by Crippen LogP contribution is -2.07. The number of amides is 1. The van der Waals surface area contributed by atoms with E-state index >= 15 is 0 Å². The lowest BCUT2D eigenvalue weighted by atomic mass is 10.1. The first-order valence-electron chi connectivity index (χ1n) is 11.3. The number of thiazole rings is 1. The smallest absolute Gasteiger partial charge is 0.250 e. The van der Waals surface area contributed by atoms with E-state index in [0.29, 0.717) is 23.2 Å². The number of benzene rings is 3. The topological polar surface area (TPSA) is 60.5 Å². The molecule has 0 saturated heterocycles. The Kier molecular flexibility index (Phi) is 7.63. The fraction of sp³-hybridized carbons (Fsp3) is 0.172. The lowest BCUT2D eigenvalue weighted by molar-refractivity contribution is -0.111. The second kappa shape index (κ2) is 11.0. The number of anilines is 1. The summed E-state index contributed by atoms with van der Waals surface area (Å²) in [7, 11) is 1.60. The third-order valence-corrected chi connectivity index (χ3v) is 6.55. The van der Waals surface area contributed by atoms with Gasteiger partial charge in [0.05, 0.1) is 12.8 Å². The van der Waals surface area contributed by atoms with Crippen LogP contribution in [0.3, 0.4) is 0 Å². The van der Waals surface area contributed by atoms with Crippen LogP contribution in [0.5, 0.6) is 11.5 Å². The first-order chi connectivity index (χ1) is 16.9. The molecule has 4 aromatic rings. The SMILES string of the molecule is COc1cc(/C=C/C(=O)Nc2nc(-c3ccc(C)c(C)c3)cs2)ccc1OCc1ccccc1C. The molecule has 0 aliphatic carbocycles. The minimum Gasteiger partial charge on any atom is -0.493 e. The predicted molar refractivity (Wildman–Crippen MR) is 143 cm³/mol. The van der Waals surface area contributed by atoms with Crippen molar-refractivity contribution in [2.24, 2.45) is 0 Å². The normalized spacial score (nSPS) is 11.0. The van der Waals surface area contributed by atoms with Crippen LogP contribution in [0.2, 0.25) is 0 Å². The molecule has 0 aliphatic heterocycles. The van der Waals surface area contributed by atoms with Crippen LogP contribution in [-0.2, 0) is 11.4 Å². The highest BCUT2D eigenvalue weighted by Gasteiger charge is 2.09. The van der Waals surface area contributed by atoms with Gasteiger partial charge in [-0.1, -0.05) is 42.5 Å².